The van der Waals surface area contributed by atoms with Crippen LogP contribution in [0.3, 0.4) is 0 Å². The molecule has 88 valence electrons. The number of amides is 1. The highest BCUT2D eigenvalue weighted by Gasteiger charge is 2.23. The zero-order valence-corrected chi connectivity index (χ0v) is 10.00. The Morgan fingerprint density at radius 1 is 1.44 bits per heavy atom. The third-order valence-electron chi connectivity index (χ3n) is 2.04. The van der Waals surface area contributed by atoms with Gasteiger partial charge in [-0.2, -0.15) is 0 Å². The molecule has 0 heterocycles. The minimum Gasteiger partial charge on any atom is -0.444 e. The molecule has 6 heteroatoms. The highest BCUT2D eigenvalue weighted by atomic mass is 35.5. The maximum atomic E-state index is 10.5. The standard InChI is InChI=1S/C10H11Cl2NO3/c1-5(16-10(13)15)9(14)8-6(11)3-2-4-7(8)12/h2-5,9,14H,1H3,(H2,13,15)/t5?,9-/m1/s1. The molecule has 0 bridgehead atoms. The van der Waals surface area contributed by atoms with Crippen LogP contribution in [0.1, 0.15) is 18.6 Å². The van der Waals surface area contributed by atoms with Crippen LogP contribution in [0.25, 0.3) is 0 Å². The zero-order valence-electron chi connectivity index (χ0n) is 8.48. The lowest BCUT2D eigenvalue weighted by Gasteiger charge is -2.20. The molecule has 0 aliphatic heterocycles. The Hall–Kier alpha value is -0.970. The highest BCUT2D eigenvalue weighted by molar-refractivity contribution is 6.36. The number of benzene rings is 1. The molecule has 0 spiro atoms. The van der Waals surface area contributed by atoms with Gasteiger partial charge in [0.15, 0.2) is 0 Å². The maximum Gasteiger partial charge on any atom is 0.404 e. The topological polar surface area (TPSA) is 72.5 Å². The first-order valence-corrected chi connectivity index (χ1v) is 5.27. The van der Waals surface area contributed by atoms with Gasteiger partial charge >= 0.3 is 6.09 Å². The van der Waals surface area contributed by atoms with Crippen molar-refractivity contribution in [3.8, 4) is 0 Å². The smallest absolute Gasteiger partial charge is 0.404 e. The van der Waals surface area contributed by atoms with Gasteiger partial charge in [-0.15, -0.1) is 0 Å². The lowest BCUT2D eigenvalue weighted by atomic mass is 10.1. The van der Waals surface area contributed by atoms with E-state index in [9.17, 15) is 9.90 Å². The number of carbonyl (C=O) groups excluding carboxylic acids is 1. The van der Waals surface area contributed by atoms with E-state index in [0.717, 1.165) is 0 Å². The van der Waals surface area contributed by atoms with Gasteiger partial charge in [0, 0.05) is 15.6 Å². The van der Waals surface area contributed by atoms with Crippen molar-refractivity contribution >= 4 is 29.3 Å². The number of halogens is 2. The molecule has 1 amide bonds. The molecule has 1 unspecified atom stereocenters. The average molecular weight is 264 g/mol. The van der Waals surface area contributed by atoms with Crippen LogP contribution in [0.2, 0.25) is 10.0 Å². The lowest BCUT2D eigenvalue weighted by Crippen LogP contribution is -2.26. The van der Waals surface area contributed by atoms with E-state index < -0.39 is 18.3 Å². The van der Waals surface area contributed by atoms with Crippen LogP contribution in [0.5, 0.6) is 0 Å². The van der Waals surface area contributed by atoms with Gasteiger partial charge in [-0.25, -0.2) is 4.79 Å². The van der Waals surface area contributed by atoms with Crippen LogP contribution in [0.15, 0.2) is 18.2 Å². The third-order valence-corrected chi connectivity index (χ3v) is 2.70. The minimum atomic E-state index is -1.12. The minimum absolute atomic E-state index is 0.305. The molecule has 4 nitrogen and oxygen atoms in total. The monoisotopic (exact) mass is 263 g/mol. The van der Waals surface area contributed by atoms with Crippen LogP contribution in [0, 0.1) is 0 Å². The van der Waals surface area contributed by atoms with E-state index in [-0.39, 0.29) is 0 Å². The zero-order chi connectivity index (χ0) is 12.3. The van der Waals surface area contributed by atoms with Crippen molar-refractivity contribution in [1.29, 1.82) is 0 Å². The van der Waals surface area contributed by atoms with E-state index in [1.807, 2.05) is 0 Å². The molecule has 1 rings (SSSR count). The second-order valence-electron chi connectivity index (χ2n) is 3.22. The predicted molar refractivity (Wildman–Crippen MR) is 61.6 cm³/mol. The SMILES string of the molecule is CC(OC(N)=O)[C@@H](O)c1c(Cl)cccc1Cl. The van der Waals surface area contributed by atoms with Crippen molar-refractivity contribution in [3.05, 3.63) is 33.8 Å². The fraction of sp³-hybridized carbons (Fsp3) is 0.300. The number of hydrogen-bond donors (Lipinski definition) is 2. The second-order valence-corrected chi connectivity index (χ2v) is 4.04. The Balaban J connectivity index is 2.95. The van der Waals surface area contributed by atoms with Crippen LogP contribution >= 0.6 is 23.2 Å². The van der Waals surface area contributed by atoms with Crippen molar-refractivity contribution in [2.45, 2.75) is 19.1 Å². The molecule has 16 heavy (non-hydrogen) atoms. The number of hydrogen-bond acceptors (Lipinski definition) is 3. The molecule has 3 N–H and O–H groups in total. The van der Waals surface area contributed by atoms with Gasteiger partial charge in [-0.3, -0.25) is 0 Å². The number of primary amides is 1. The van der Waals surface area contributed by atoms with Crippen LogP contribution in [0.4, 0.5) is 4.79 Å². The summed E-state index contributed by atoms with van der Waals surface area (Å²) < 4.78 is 4.65. The van der Waals surface area contributed by atoms with Gasteiger partial charge in [0.25, 0.3) is 0 Å². The maximum absolute atomic E-state index is 10.5. The molecule has 1 aromatic carbocycles. The molecule has 0 saturated carbocycles. The first-order chi connectivity index (χ1) is 7.43. The second kappa shape index (κ2) is 5.39. The molecule has 0 fully saturated rings. The highest BCUT2D eigenvalue weighted by Crippen LogP contribution is 2.32. The fourth-order valence-corrected chi connectivity index (χ4v) is 1.90. The Morgan fingerprint density at radius 3 is 2.38 bits per heavy atom. The molecule has 1 aromatic rings. The van der Waals surface area contributed by atoms with E-state index in [2.05, 4.69) is 4.74 Å². The normalized spacial score (nSPS) is 14.2. The molecular formula is C10H11Cl2NO3. The Bertz CT molecular complexity index is 377. The molecule has 0 aromatic heterocycles. The van der Waals surface area contributed by atoms with Crippen LogP contribution in [-0.2, 0) is 4.74 Å². The molecule has 0 saturated heterocycles. The molecule has 0 aliphatic rings. The van der Waals surface area contributed by atoms with Crippen LogP contribution in [-0.4, -0.2) is 17.3 Å². The quantitative estimate of drug-likeness (QED) is 0.880. The Morgan fingerprint density at radius 2 is 1.94 bits per heavy atom. The summed E-state index contributed by atoms with van der Waals surface area (Å²) in [5.74, 6) is 0. The van der Waals surface area contributed by atoms with Gasteiger partial charge in [0.1, 0.15) is 12.2 Å². The van der Waals surface area contributed by atoms with E-state index in [1.54, 1.807) is 18.2 Å². The fourth-order valence-electron chi connectivity index (χ4n) is 1.28. The summed E-state index contributed by atoms with van der Waals surface area (Å²) in [5, 5.41) is 10.5. The number of carbonyl (C=O) groups is 1. The van der Waals surface area contributed by atoms with Gasteiger partial charge in [-0.1, -0.05) is 29.3 Å². The number of aliphatic hydroxyl groups is 1. The molecule has 0 radical (unpaired) electrons. The largest absolute Gasteiger partial charge is 0.444 e. The Labute approximate surface area is 103 Å². The summed E-state index contributed by atoms with van der Waals surface area (Å²) in [6, 6.07) is 4.83. The van der Waals surface area contributed by atoms with E-state index in [4.69, 9.17) is 28.9 Å². The lowest BCUT2D eigenvalue weighted by molar-refractivity contribution is 0.0159. The summed E-state index contributed by atoms with van der Waals surface area (Å²) in [4.78, 5) is 10.5. The van der Waals surface area contributed by atoms with Gasteiger partial charge in [0.05, 0.1) is 0 Å². The van der Waals surface area contributed by atoms with Gasteiger partial charge in [0.2, 0.25) is 0 Å². The summed E-state index contributed by atoms with van der Waals surface area (Å²) in [6.45, 7) is 1.50. The van der Waals surface area contributed by atoms with Gasteiger partial charge < -0.3 is 15.6 Å². The van der Waals surface area contributed by atoms with Crippen molar-refractivity contribution in [3.63, 3.8) is 0 Å². The van der Waals surface area contributed by atoms with Crippen molar-refractivity contribution in [2.24, 2.45) is 5.73 Å². The predicted octanol–water partition coefficient (Wildman–Crippen LogP) is 2.51. The van der Waals surface area contributed by atoms with E-state index >= 15 is 0 Å². The summed E-state index contributed by atoms with van der Waals surface area (Å²) >= 11 is 11.8. The van der Waals surface area contributed by atoms with E-state index in [1.165, 1.54) is 6.92 Å². The summed E-state index contributed by atoms with van der Waals surface area (Å²) in [7, 11) is 0. The molecular weight excluding hydrogens is 253 g/mol. The van der Waals surface area contributed by atoms with Gasteiger partial charge in [-0.05, 0) is 19.1 Å². The first-order valence-electron chi connectivity index (χ1n) is 4.51. The first kappa shape index (κ1) is 13.1. The van der Waals surface area contributed by atoms with Crippen molar-refractivity contribution < 1.29 is 14.6 Å². The number of aliphatic hydroxyl groups excluding tert-OH is 1. The summed E-state index contributed by atoms with van der Waals surface area (Å²) in [5.41, 5.74) is 5.17. The number of rotatable bonds is 3. The van der Waals surface area contributed by atoms with Crippen molar-refractivity contribution in [2.75, 3.05) is 0 Å². The third kappa shape index (κ3) is 3.01. The number of ether oxygens (including phenoxy) is 1. The molecule has 0 aliphatic carbocycles. The summed E-state index contributed by atoms with van der Waals surface area (Å²) in [6.07, 6.45) is -2.90. The number of nitrogens with two attached hydrogens (primary N) is 1. The average Bonchev–Trinajstić information content (AvgIpc) is 2.16. The van der Waals surface area contributed by atoms with Crippen molar-refractivity contribution in [1.82, 2.24) is 0 Å². The Kier molecular flexibility index (Phi) is 4.41. The van der Waals surface area contributed by atoms with Crippen LogP contribution < -0.4 is 5.73 Å². The molecule has 2 atom stereocenters. The van der Waals surface area contributed by atoms with E-state index in [0.29, 0.717) is 15.6 Å².